The molecule has 1 aliphatic heterocycles. The number of halogens is 1. The van der Waals surface area contributed by atoms with Gasteiger partial charge in [-0.2, -0.15) is 0 Å². The van der Waals surface area contributed by atoms with E-state index in [9.17, 15) is 9.59 Å². The molecule has 0 radical (unpaired) electrons. The van der Waals surface area contributed by atoms with Crippen LogP contribution >= 0.6 is 27.7 Å². The van der Waals surface area contributed by atoms with Crippen LogP contribution in [0.1, 0.15) is 23.1 Å². The third-order valence-corrected chi connectivity index (χ3v) is 5.03. The predicted octanol–water partition coefficient (Wildman–Crippen LogP) is 3.02. The van der Waals surface area contributed by atoms with Crippen molar-refractivity contribution in [1.29, 1.82) is 0 Å². The van der Waals surface area contributed by atoms with E-state index in [0.717, 1.165) is 20.7 Å². The number of fused-ring (bicyclic) bond motifs is 3. The summed E-state index contributed by atoms with van der Waals surface area (Å²) in [5, 5.41) is 0. The van der Waals surface area contributed by atoms with E-state index in [0.29, 0.717) is 18.0 Å². The summed E-state index contributed by atoms with van der Waals surface area (Å²) >= 11 is 4.91. The largest absolute Gasteiger partial charge is 0.333 e. The van der Waals surface area contributed by atoms with E-state index in [-0.39, 0.29) is 11.5 Å². The highest BCUT2D eigenvalue weighted by Crippen LogP contribution is 2.33. The third kappa shape index (κ3) is 1.90. The van der Waals surface area contributed by atoms with Crippen LogP contribution < -0.4 is 5.69 Å². The maximum atomic E-state index is 12.6. The molecule has 4 nitrogen and oxygen atoms in total. The first-order valence-corrected chi connectivity index (χ1v) is 8.10. The van der Waals surface area contributed by atoms with E-state index >= 15 is 0 Å². The maximum absolute atomic E-state index is 12.6. The molecule has 0 aliphatic carbocycles. The molecule has 1 aliphatic rings. The van der Waals surface area contributed by atoms with Crippen LogP contribution in [-0.4, -0.2) is 20.7 Å². The first-order chi connectivity index (χ1) is 9.54. The highest BCUT2D eigenvalue weighted by Gasteiger charge is 2.27. The van der Waals surface area contributed by atoms with Gasteiger partial charge in [-0.15, -0.1) is 11.8 Å². The van der Waals surface area contributed by atoms with Crippen LogP contribution in [0, 0.1) is 6.92 Å². The summed E-state index contributed by atoms with van der Waals surface area (Å²) in [6.45, 7) is 4.32. The fourth-order valence-electron chi connectivity index (χ4n) is 2.57. The van der Waals surface area contributed by atoms with Crippen LogP contribution in [0.3, 0.4) is 0 Å². The van der Waals surface area contributed by atoms with Gasteiger partial charge >= 0.3 is 5.69 Å². The maximum Gasteiger partial charge on any atom is 0.333 e. The normalized spacial score (nSPS) is 13.8. The fourth-order valence-corrected chi connectivity index (χ4v) is 4.03. The van der Waals surface area contributed by atoms with Crippen molar-refractivity contribution in [3.05, 3.63) is 44.5 Å². The van der Waals surface area contributed by atoms with Gasteiger partial charge in [-0.25, -0.2) is 4.79 Å². The van der Waals surface area contributed by atoms with Crippen molar-refractivity contribution in [2.24, 2.45) is 0 Å². The molecule has 0 saturated carbocycles. The van der Waals surface area contributed by atoms with Crippen molar-refractivity contribution in [1.82, 2.24) is 9.13 Å². The average molecular weight is 353 g/mol. The second-order valence-corrected chi connectivity index (χ2v) is 6.55. The zero-order valence-corrected chi connectivity index (χ0v) is 13.5. The van der Waals surface area contributed by atoms with Crippen molar-refractivity contribution in [3.8, 4) is 5.69 Å². The zero-order valence-electron chi connectivity index (χ0n) is 11.1. The van der Waals surface area contributed by atoms with Crippen LogP contribution in [0.5, 0.6) is 0 Å². The van der Waals surface area contributed by atoms with Crippen molar-refractivity contribution < 1.29 is 4.79 Å². The van der Waals surface area contributed by atoms with E-state index in [1.165, 1.54) is 11.8 Å². The van der Waals surface area contributed by atoms with E-state index in [1.54, 1.807) is 9.13 Å². The molecule has 20 heavy (non-hydrogen) atoms. The number of aromatic nitrogens is 2. The lowest BCUT2D eigenvalue weighted by atomic mass is 10.2. The molecule has 0 fully saturated rings. The van der Waals surface area contributed by atoms with E-state index in [4.69, 9.17) is 0 Å². The SMILES string of the molecule is CCn1c(C)c2n(c1=O)-c1ccc(Br)cc1SCC2=O. The summed E-state index contributed by atoms with van der Waals surface area (Å²) in [6, 6.07) is 5.73. The molecule has 0 atom stereocenters. The van der Waals surface area contributed by atoms with Crippen LogP contribution in [0.15, 0.2) is 32.4 Å². The van der Waals surface area contributed by atoms with Gasteiger partial charge in [-0.05, 0) is 32.0 Å². The Morgan fingerprint density at radius 3 is 2.80 bits per heavy atom. The van der Waals surface area contributed by atoms with E-state index in [1.807, 2.05) is 32.0 Å². The number of carbonyl (C=O) groups excluding carboxylic acids is 1. The number of rotatable bonds is 1. The first-order valence-electron chi connectivity index (χ1n) is 6.32. The van der Waals surface area contributed by atoms with Crippen molar-refractivity contribution in [2.45, 2.75) is 25.3 Å². The Balaban J connectivity index is 2.41. The zero-order chi connectivity index (χ0) is 14.4. The van der Waals surface area contributed by atoms with Crippen molar-refractivity contribution in [2.75, 3.05) is 5.75 Å². The number of ketones is 1. The molecular formula is C14H13BrN2O2S. The molecule has 104 valence electrons. The number of thioether (sulfide) groups is 1. The average Bonchev–Trinajstić information content (AvgIpc) is 2.58. The summed E-state index contributed by atoms with van der Waals surface area (Å²) in [5.41, 5.74) is 1.92. The highest BCUT2D eigenvalue weighted by molar-refractivity contribution is 9.10. The van der Waals surface area contributed by atoms with Crippen LogP contribution in [-0.2, 0) is 6.54 Å². The molecule has 0 saturated heterocycles. The number of Topliss-reactive ketones (excluding diaryl/α,β-unsaturated/α-hetero) is 1. The number of carbonyl (C=O) groups is 1. The summed E-state index contributed by atoms with van der Waals surface area (Å²) in [7, 11) is 0. The van der Waals surface area contributed by atoms with Gasteiger partial charge in [-0.1, -0.05) is 15.9 Å². The van der Waals surface area contributed by atoms with Crippen LogP contribution in [0.2, 0.25) is 0 Å². The Morgan fingerprint density at radius 2 is 2.10 bits per heavy atom. The standard InChI is InChI=1S/C14H13BrN2O2S/c1-3-16-8(2)13-11(18)7-20-12-6-9(15)4-5-10(12)17(13)14(16)19/h4-6H,3,7H2,1-2H3. The number of hydrogen-bond acceptors (Lipinski definition) is 3. The molecule has 2 aromatic rings. The number of imidazole rings is 1. The van der Waals surface area contributed by atoms with Gasteiger partial charge in [0, 0.05) is 21.6 Å². The number of nitrogens with zero attached hydrogens (tertiary/aromatic N) is 2. The van der Waals surface area contributed by atoms with Gasteiger partial charge in [0.05, 0.1) is 11.4 Å². The quantitative estimate of drug-likeness (QED) is 0.792. The minimum absolute atomic E-state index is 0.00382. The fraction of sp³-hybridized carbons (Fsp3) is 0.286. The second kappa shape index (κ2) is 4.93. The Kier molecular flexibility index (Phi) is 3.38. The number of hydrogen-bond donors (Lipinski definition) is 0. The summed E-state index contributed by atoms with van der Waals surface area (Å²) < 4.78 is 4.15. The Labute approximate surface area is 128 Å². The summed E-state index contributed by atoms with van der Waals surface area (Å²) in [5.74, 6) is 0.362. The monoisotopic (exact) mass is 352 g/mol. The molecule has 1 aromatic heterocycles. The highest BCUT2D eigenvalue weighted by atomic mass is 79.9. The third-order valence-electron chi connectivity index (χ3n) is 3.50. The molecule has 2 heterocycles. The van der Waals surface area contributed by atoms with Gasteiger partial charge in [0.2, 0.25) is 0 Å². The molecule has 6 heteroatoms. The molecule has 0 spiro atoms. The molecule has 0 N–H and O–H groups in total. The van der Waals surface area contributed by atoms with Gasteiger partial charge in [0.1, 0.15) is 5.69 Å². The lowest BCUT2D eigenvalue weighted by Gasteiger charge is -2.07. The molecule has 0 bridgehead atoms. The van der Waals surface area contributed by atoms with E-state index < -0.39 is 0 Å². The van der Waals surface area contributed by atoms with Crippen molar-refractivity contribution >= 4 is 33.5 Å². The van der Waals surface area contributed by atoms with Crippen LogP contribution in [0.4, 0.5) is 0 Å². The molecular weight excluding hydrogens is 340 g/mol. The number of benzene rings is 1. The lowest BCUT2D eigenvalue weighted by molar-refractivity contribution is 0.101. The minimum atomic E-state index is -0.139. The topological polar surface area (TPSA) is 44.0 Å². The van der Waals surface area contributed by atoms with Gasteiger partial charge in [0.25, 0.3) is 0 Å². The Bertz CT molecular complexity index is 776. The van der Waals surface area contributed by atoms with Gasteiger partial charge < -0.3 is 0 Å². The molecule has 0 unspecified atom stereocenters. The van der Waals surface area contributed by atoms with Crippen molar-refractivity contribution in [3.63, 3.8) is 0 Å². The lowest BCUT2D eigenvalue weighted by Crippen LogP contribution is -2.24. The minimum Gasteiger partial charge on any atom is -0.296 e. The Morgan fingerprint density at radius 1 is 1.35 bits per heavy atom. The Hall–Kier alpha value is -1.27. The van der Waals surface area contributed by atoms with Crippen LogP contribution in [0.25, 0.3) is 5.69 Å². The smallest absolute Gasteiger partial charge is 0.296 e. The molecule has 1 aromatic carbocycles. The predicted molar refractivity (Wildman–Crippen MR) is 83.2 cm³/mol. The van der Waals surface area contributed by atoms with E-state index in [2.05, 4.69) is 15.9 Å². The summed E-state index contributed by atoms with van der Waals surface area (Å²) in [6.07, 6.45) is 0. The van der Waals surface area contributed by atoms with Gasteiger partial charge in [0.15, 0.2) is 5.78 Å². The van der Waals surface area contributed by atoms with Gasteiger partial charge in [-0.3, -0.25) is 13.9 Å². The second-order valence-electron chi connectivity index (χ2n) is 4.62. The summed E-state index contributed by atoms with van der Waals surface area (Å²) in [4.78, 5) is 25.9. The molecule has 3 rings (SSSR count). The molecule has 0 amide bonds. The first kappa shape index (κ1) is 13.7.